The first-order valence-corrected chi connectivity index (χ1v) is 11.8. The number of aryl methyl sites for hydroxylation is 1. The van der Waals surface area contributed by atoms with Crippen LogP contribution in [0.2, 0.25) is 0 Å². The number of nitrogens with one attached hydrogen (secondary N) is 1. The van der Waals surface area contributed by atoms with Crippen molar-refractivity contribution in [3.63, 3.8) is 0 Å². The molecule has 0 atom stereocenters. The molecule has 0 saturated heterocycles. The predicted molar refractivity (Wildman–Crippen MR) is 132 cm³/mol. The lowest BCUT2D eigenvalue weighted by atomic mass is 10.1. The number of rotatable bonds is 11. The van der Waals surface area contributed by atoms with Gasteiger partial charge in [0.15, 0.2) is 11.5 Å². The number of anilines is 1. The first-order valence-electron chi connectivity index (χ1n) is 11.0. The molecule has 33 heavy (non-hydrogen) atoms. The Morgan fingerprint density at radius 1 is 1.00 bits per heavy atom. The van der Waals surface area contributed by atoms with Crippen LogP contribution in [0.1, 0.15) is 40.6 Å². The average Bonchev–Trinajstić information content (AvgIpc) is 3.35. The molecule has 0 aliphatic rings. The zero-order chi connectivity index (χ0) is 23.6. The van der Waals surface area contributed by atoms with Crippen molar-refractivity contribution in [1.29, 1.82) is 0 Å². The number of amides is 2. The van der Waals surface area contributed by atoms with Gasteiger partial charge in [0.25, 0.3) is 5.91 Å². The van der Waals surface area contributed by atoms with Gasteiger partial charge in [-0.25, -0.2) is 0 Å². The van der Waals surface area contributed by atoms with Gasteiger partial charge in [0.1, 0.15) is 0 Å². The van der Waals surface area contributed by atoms with Gasteiger partial charge in [-0.2, -0.15) is 0 Å². The normalized spacial score (nSPS) is 10.5. The summed E-state index contributed by atoms with van der Waals surface area (Å²) in [5.74, 6) is 1.13. The van der Waals surface area contributed by atoms with E-state index in [-0.39, 0.29) is 11.8 Å². The second-order valence-corrected chi connectivity index (χ2v) is 8.60. The average molecular weight is 467 g/mol. The highest BCUT2D eigenvalue weighted by molar-refractivity contribution is 7.09. The maximum atomic E-state index is 13.2. The van der Waals surface area contributed by atoms with Crippen LogP contribution < -0.4 is 14.8 Å². The number of benzene rings is 2. The van der Waals surface area contributed by atoms with E-state index in [2.05, 4.69) is 11.4 Å². The minimum absolute atomic E-state index is 0.0474. The molecule has 0 spiro atoms. The van der Waals surface area contributed by atoms with Crippen molar-refractivity contribution in [3.05, 3.63) is 76.0 Å². The summed E-state index contributed by atoms with van der Waals surface area (Å²) in [6.07, 6.45) is 2.13. The Morgan fingerprint density at radius 3 is 2.52 bits per heavy atom. The second-order valence-electron chi connectivity index (χ2n) is 7.57. The summed E-state index contributed by atoms with van der Waals surface area (Å²) in [6, 6.07) is 16.8. The lowest BCUT2D eigenvalue weighted by Crippen LogP contribution is -2.30. The van der Waals surface area contributed by atoms with Crippen LogP contribution in [0.15, 0.2) is 60.0 Å². The molecule has 0 radical (unpaired) electrons. The Balaban J connectivity index is 1.61. The highest BCUT2D eigenvalue weighted by Gasteiger charge is 2.16. The van der Waals surface area contributed by atoms with Gasteiger partial charge in [0.05, 0.1) is 14.2 Å². The third-order valence-corrected chi connectivity index (χ3v) is 6.23. The van der Waals surface area contributed by atoms with E-state index in [1.165, 1.54) is 4.88 Å². The van der Waals surface area contributed by atoms with Gasteiger partial charge in [-0.05, 0) is 67.1 Å². The van der Waals surface area contributed by atoms with Gasteiger partial charge in [-0.15, -0.1) is 11.3 Å². The molecule has 1 N–H and O–H groups in total. The summed E-state index contributed by atoms with van der Waals surface area (Å²) in [4.78, 5) is 28.5. The quantitative estimate of drug-likeness (QED) is 0.411. The molecule has 1 heterocycles. The van der Waals surface area contributed by atoms with Crippen molar-refractivity contribution in [2.24, 2.45) is 0 Å². The van der Waals surface area contributed by atoms with E-state index < -0.39 is 0 Å². The number of hydrogen-bond donors (Lipinski definition) is 1. The molecule has 174 valence electrons. The van der Waals surface area contributed by atoms with Crippen molar-refractivity contribution in [1.82, 2.24) is 4.90 Å². The van der Waals surface area contributed by atoms with Crippen LogP contribution in [0.5, 0.6) is 11.5 Å². The largest absolute Gasteiger partial charge is 0.493 e. The fraction of sp³-hybridized carbons (Fsp3) is 0.308. The van der Waals surface area contributed by atoms with Gasteiger partial charge >= 0.3 is 0 Å². The lowest BCUT2D eigenvalue weighted by molar-refractivity contribution is -0.116. The zero-order valence-corrected chi connectivity index (χ0v) is 20.1. The Morgan fingerprint density at radius 2 is 1.82 bits per heavy atom. The van der Waals surface area contributed by atoms with Crippen molar-refractivity contribution < 1.29 is 19.1 Å². The van der Waals surface area contributed by atoms with Crippen molar-refractivity contribution in [2.75, 3.05) is 26.1 Å². The van der Waals surface area contributed by atoms with Crippen LogP contribution in [0.25, 0.3) is 0 Å². The van der Waals surface area contributed by atoms with E-state index in [1.807, 2.05) is 36.6 Å². The molecule has 0 aliphatic heterocycles. The van der Waals surface area contributed by atoms with E-state index in [1.54, 1.807) is 54.7 Å². The molecule has 0 unspecified atom stereocenters. The number of nitrogens with zero attached hydrogens (tertiary/aromatic N) is 1. The van der Waals surface area contributed by atoms with Crippen molar-refractivity contribution >= 4 is 28.8 Å². The Kier molecular flexibility index (Phi) is 8.89. The summed E-state index contributed by atoms with van der Waals surface area (Å²) in [6.45, 7) is 2.93. The Bertz CT molecular complexity index is 1070. The number of carbonyl (C=O) groups is 2. The van der Waals surface area contributed by atoms with Crippen LogP contribution in [0.3, 0.4) is 0 Å². The first kappa shape index (κ1) is 24.3. The molecular formula is C26H30N2O4S. The molecule has 3 rings (SSSR count). The molecule has 1 aromatic heterocycles. The Hall–Kier alpha value is -3.32. The fourth-order valence-electron chi connectivity index (χ4n) is 3.54. The lowest BCUT2D eigenvalue weighted by Gasteiger charge is -2.22. The van der Waals surface area contributed by atoms with Crippen molar-refractivity contribution in [2.45, 2.75) is 32.7 Å². The minimum atomic E-state index is -0.0962. The second kappa shape index (κ2) is 12.1. The highest BCUT2D eigenvalue weighted by atomic mass is 32.1. The minimum Gasteiger partial charge on any atom is -0.493 e. The molecule has 0 bridgehead atoms. The topological polar surface area (TPSA) is 67.9 Å². The van der Waals surface area contributed by atoms with Crippen LogP contribution >= 0.6 is 11.3 Å². The number of thiophene rings is 1. The van der Waals surface area contributed by atoms with Crippen molar-refractivity contribution in [3.8, 4) is 11.5 Å². The summed E-state index contributed by atoms with van der Waals surface area (Å²) < 4.78 is 10.7. The maximum Gasteiger partial charge on any atom is 0.254 e. The van der Waals surface area contributed by atoms with Crippen LogP contribution in [0.4, 0.5) is 5.69 Å². The van der Waals surface area contributed by atoms with Crippen LogP contribution in [-0.4, -0.2) is 37.5 Å². The molecule has 0 aliphatic carbocycles. The van der Waals surface area contributed by atoms with Gasteiger partial charge in [0, 0.05) is 35.6 Å². The van der Waals surface area contributed by atoms with Gasteiger partial charge < -0.3 is 19.7 Å². The number of hydrogen-bond acceptors (Lipinski definition) is 5. The SMILES string of the molecule is CCN(Cc1ccc(OC)c(OC)c1)C(=O)c1cccc(NC(=O)CCCc2cccs2)c1. The molecule has 2 aromatic carbocycles. The summed E-state index contributed by atoms with van der Waals surface area (Å²) in [5.41, 5.74) is 2.11. The summed E-state index contributed by atoms with van der Waals surface area (Å²) in [5, 5.41) is 4.96. The molecule has 0 saturated carbocycles. The van der Waals surface area contributed by atoms with E-state index >= 15 is 0 Å². The first-order chi connectivity index (χ1) is 16.0. The van der Waals surface area contributed by atoms with E-state index in [9.17, 15) is 9.59 Å². The van der Waals surface area contributed by atoms with E-state index in [0.29, 0.717) is 42.3 Å². The summed E-state index contributed by atoms with van der Waals surface area (Å²) in [7, 11) is 3.18. The third-order valence-electron chi connectivity index (χ3n) is 5.29. The monoisotopic (exact) mass is 466 g/mol. The standard InChI is InChI=1S/C26H30N2O4S/c1-4-28(18-19-13-14-23(31-2)24(16-19)32-3)26(30)20-8-5-9-21(17-20)27-25(29)12-6-10-22-11-7-15-33-22/h5,7-9,11,13-17H,4,6,10,12,18H2,1-3H3,(H,27,29). The van der Waals surface area contributed by atoms with E-state index in [0.717, 1.165) is 18.4 Å². The zero-order valence-electron chi connectivity index (χ0n) is 19.3. The predicted octanol–water partition coefficient (Wildman–Crippen LogP) is 5.39. The third kappa shape index (κ3) is 6.83. The fourth-order valence-corrected chi connectivity index (χ4v) is 4.29. The van der Waals surface area contributed by atoms with E-state index in [4.69, 9.17) is 9.47 Å². The van der Waals surface area contributed by atoms with Gasteiger partial charge in [-0.1, -0.05) is 18.2 Å². The number of carbonyl (C=O) groups excluding carboxylic acids is 2. The Labute approximate surface area is 199 Å². The molecular weight excluding hydrogens is 436 g/mol. The molecule has 7 heteroatoms. The smallest absolute Gasteiger partial charge is 0.254 e. The molecule has 3 aromatic rings. The van der Waals surface area contributed by atoms with Gasteiger partial charge in [0.2, 0.25) is 5.91 Å². The maximum absolute atomic E-state index is 13.2. The molecule has 0 fully saturated rings. The number of methoxy groups -OCH3 is 2. The van der Waals surface area contributed by atoms with Crippen LogP contribution in [0, 0.1) is 0 Å². The van der Waals surface area contributed by atoms with Crippen LogP contribution in [-0.2, 0) is 17.8 Å². The van der Waals surface area contributed by atoms with Gasteiger partial charge in [-0.3, -0.25) is 9.59 Å². The highest BCUT2D eigenvalue weighted by Crippen LogP contribution is 2.28. The molecule has 6 nitrogen and oxygen atoms in total. The summed E-state index contributed by atoms with van der Waals surface area (Å²) >= 11 is 1.71. The number of ether oxygens (including phenoxy) is 2. The molecule has 2 amide bonds.